The van der Waals surface area contributed by atoms with E-state index in [1.165, 1.54) is 0 Å². The summed E-state index contributed by atoms with van der Waals surface area (Å²) in [6.07, 6.45) is 1.40. The minimum absolute atomic E-state index is 0.0310. The van der Waals surface area contributed by atoms with Gasteiger partial charge in [0.2, 0.25) is 0 Å². The summed E-state index contributed by atoms with van der Waals surface area (Å²) in [4.78, 5) is 31.2. The van der Waals surface area contributed by atoms with Gasteiger partial charge in [-0.1, -0.05) is 0 Å². The molecule has 0 aliphatic carbocycles. The van der Waals surface area contributed by atoms with E-state index in [9.17, 15) is 9.59 Å². The second kappa shape index (κ2) is 6.67. The van der Waals surface area contributed by atoms with E-state index in [1.54, 1.807) is 6.20 Å². The predicted octanol–water partition coefficient (Wildman–Crippen LogP) is 3.36. The van der Waals surface area contributed by atoms with Gasteiger partial charge in [-0.25, -0.2) is 4.79 Å². The first-order valence-corrected chi connectivity index (χ1v) is 9.03. The van der Waals surface area contributed by atoms with Gasteiger partial charge in [-0.05, 0) is 64.3 Å². The molecule has 0 spiro atoms. The van der Waals surface area contributed by atoms with E-state index in [1.807, 2.05) is 63.8 Å². The molecular weight excluding hydrogens is 330 g/mol. The lowest BCUT2D eigenvalue weighted by Gasteiger charge is -2.45. The third kappa shape index (κ3) is 3.69. The number of ether oxygens (including phenoxy) is 1. The van der Waals surface area contributed by atoms with Crippen LogP contribution < -0.4 is 10.5 Å². The molecule has 1 aromatic heterocycles. The van der Waals surface area contributed by atoms with Crippen molar-refractivity contribution >= 4 is 22.6 Å². The van der Waals surface area contributed by atoms with Gasteiger partial charge in [-0.3, -0.25) is 9.69 Å². The zero-order chi connectivity index (χ0) is 19.1. The van der Waals surface area contributed by atoms with Crippen LogP contribution in [0.5, 0.6) is 0 Å². The van der Waals surface area contributed by atoms with Crippen LogP contribution in [-0.4, -0.2) is 46.8 Å². The minimum atomic E-state index is -0.501. The fourth-order valence-electron chi connectivity index (χ4n) is 3.58. The summed E-state index contributed by atoms with van der Waals surface area (Å²) in [5, 5.41) is 1.60. The van der Waals surface area contributed by atoms with Crippen molar-refractivity contribution in [1.29, 1.82) is 0 Å². The molecule has 2 atom stereocenters. The summed E-state index contributed by atoms with van der Waals surface area (Å²) in [5.74, 6) is 0. The standard InChI is InChI=1S/C20H27N3O3/c1-13-11-22(12-14(2)23(13)19(25)26-20(3,4)5)16-6-7-17-15(10-16)8-9-21-18(17)24/h6-10,13-14H,11-12H2,1-5H3,(H,21,24)/t13-,14+. The number of benzene rings is 1. The van der Waals surface area contributed by atoms with Crippen LogP contribution in [0.4, 0.5) is 10.5 Å². The number of H-pyrrole nitrogens is 1. The van der Waals surface area contributed by atoms with E-state index in [4.69, 9.17) is 4.74 Å². The Morgan fingerprint density at radius 3 is 2.42 bits per heavy atom. The fourth-order valence-corrected chi connectivity index (χ4v) is 3.58. The van der Waals surface area contributed by atoms with Gasteiger partial charge in [0.05, 0.1) is 12.1 Å². The highest BCUT2D eigenvalue weighted by molar-refractivity contribution is 5.85. The Labute approximate surface area is 153 Å². The van der Waals surface area contributed by atoms with E-state index in [-0.39, 0.29) is 23.7 Å². The van der Waals surface area contributed by atoms with Gasteiger partial charge in [0.1, 0.15) is 5.60 Å². The van der Waals surface area contributed by atoms with Crippen LogP contribution in [0.25, 0.3) is 10.8 Å². The first-order valence-electron chi connectivity index (χ1n) is 9.03. The molecule has 6 heteroatoms. The number of fused-ring (bicyclic) bond motifs is 1. The molecule has 1 amide bonds. The van der Waals surface area contributed by atoms with Gasteiger partial charge < -0.3 is 14.6 Å². The Kier molecular flexibility index (Phi) is 4.69. The number of piperazine rings is 1. The summed E-state index contributed by atoms with van der Waals surface area (Å²) in [5.41, 5.74) is 0.482. The molecule has 140 valence electrons. The van der Waals surface area contributed by atoms with Gasteiger partial charge in [0, 0.05) is 30.4 Å². The smallest absolute Gasteiger partial charge is 0.410 e. The summed E-state index contributed by atoms with van der Waals surface area (Å²) in [7, 11) is 0. The maximum absolute atomic E-state index is 12.5. The molecule has 2 heterocycles. The van der Waals surface area contributed by atoms with Crippen LogP contribution in [-0.2, 0) is 4.74 Å². The summed E-state index contributed by atoms with van der Waals surface area (Å²) >= 11 is 0. The maximum atomic E-state index is 12.5. The van der Waals surface area contributed by atoms with Crippen LogP contribution in [0.15, 0.2) is 35.3 Å². The third-order valence-electron chi connectivity index (χ3n) is 4.65. The number of nitrogens with zero attached hydrogens (tertiary/aromatic N) is 2. The summed E-state index contributed by atoms with van der Waals surface area (Å²) in [6, 6.07) is 7.84. The Hall–Kier alpha value is -2.50. The van der Waals surface area contributed by atoms with Crippen molar-refractivity contribution in [1.82, 2.24) is 9.88 Å². The molecule has 2 aromatic rings. The number of carbonyl (C=O) groups is 1. The SMILES string of the molecule is C[C@@H]1CN(c2ccc3c(=O)[nH]ccc3c2)C[C@H](C)N1C(=O)OC(C)(C)C. The lowest BCUT2D eigenvalue weighted by molar-refractivity contribution is 0.00566. The molecule has 0 radical (unpaired) electrons. The molecule has 1 fully saturated rings. The van der Waals surface area contributed by atoms with Gasteiger partial charge in [-0.15, -0.1) is 0 Å². The summed E-state index contributed by atoms with van der Waals surface area (Å²) in [6.45, 7) is 11.2. The van der Waals surface area contributed by atoms with E-state index in [2.05, 4.69) is 9.88 Å². The molecular formula is C20H27N3O3. The minimum Gasteiger partial charge on any atom is -0.444 e. The third-order valence-corrected chi connectivity index (χ3v) is 4.65. The highest BCUT2D eigenvalue weighted by atomic mass is 16.6. The quantitative estimate of drug-likeness (QED) is 0.850. The van der Waals surface area contributed by atoms with Crippen molar-refractivity contribution in [3.63, 3.8) is 0 Å². The van der Waals surface area contributed by atoms with Crippen LogP contribution in [0, 0.1) is 0 Å². The molecule has 6 nitrogen and oxygen atoms in total. The zero-order valence-corrected chi connectivity index (χ0v) is 16.1. The maximum Gasteiger partial charge on any atom is 0.410 e. The molecule has 0 unspecified atom stereocenters. The molecule has 1 N–H and O–H groups in total. The average Bonchev–Trinajstić information content (AvgIpc) is 2.52. The highest BCUT2D eigenvalue weighted by Gasteiger charge is 2.35. The number of anilines is 1. The number of nitrogens with one attached hydrogen (secondary N) is 1. The van der Waals surface area contributed by atoms with Crippen LogP contribution in [0.3, 0.4) is 0 Å². The number of rotatable bonds is 1. The monoisotopic (exact) mass is 357 g/mol. The Balaban J connectivity index is 1.81. The van der Waals surface area contributed by atoms with Crippen LogP contribution >= 0.6 is 0 Å². The number of amides is 1. The van der Waals surface area contributed by atoms with Gasteiger partial charge in [0.25, 0.3) is 5.56 Å². The van der Waals surface area contributed by atoms with Gasteiger partial charge in [-0.2, -0.15) is 0 Å². The van der Waals surface area contributed by atoms with Crippen LogP contribution in [0.1, 0.15) is 34.6 Å². The van der Waals surface area contributed by atoms with Crippen molar-refractivity contribution in [2.75, 3.05) is 18.0 Å². The predicted molar refractivity (Wildman–Crippen MR) is 104 cm³/mol. The molecule has 1 aliphatic heterocycles. The average molecular weight is 357 g/mol. The molecule has 0 saturated carbocycles. The molecule has 0 bridgehead atoms. The van der Waals surface area contributed by atoms with Crippen molar-refractivity contribution in [2.45, 2.75) is 52.3 Å². The van der Waals surface area contributed by atoms with Crippen molar-refractivity contribution in [2.24, 2.45) is 0 Å². The molecule has 1 aliphatic rings. The highest BCUT2D eigenvalue weighted by Crippen LogP contribution is 2.26. The fraction of sp³-hybridized carbons (Fsp3) is 0.500. The lowest BCUT2D eigenvalue weighted by Crippen LogP contribution is -2.59. The first kappa shape index (κ1) is 18.3. The number of aromatic nitrogens is 1. The van der Waals surface area contributed by atoms with E-state index in [0.29, 0.717) is 5.39 Å². The Bertz CT molecular complexity index is 856. The first-order chi connectivity index (χ1) is 12.2. The molecule has 3 rings (SSSR count). The number of hydrogen-bond acceptors (Lipinski definition) is 4. The number of pyridine rings is 1. The van der Waals surface area contributed by atoms with Crippen molar-refractivity contribution in [3.8, 4) is 0 Å². The second-order valence-corrected chi connectivity index (χ2v) is 8.07. The lowest BCUT2D eigenvalue weighted by atomic mass is 10.1. The van der Waals surface area contributed by atoms with Gasteiger partial charge in [0.15, 0.2) is 0 Å². The molecule has 1 aromatic carbocycles. The number of aromatic amines is 1. The van der Waals surface area contributed by atoms with E-state index in [0.717, 1.165) is 24.2 Å². The van der Waals surface area contributed by atoms with Crippen molar-refractivity contribution < 1.29 is 9.53 Å². The summed E-state index contributed by atoms with van der Waals surface area (Å²) < 4.78 is 5.56. The van der Waals surface area contributed by atoms with Crippen molar-refractivity contribution in [3.05, 3.63) is 40.8 Å². The van der Waals surface area contributed by atoms with E-state index < -0.39 is 5.60 Å². The Morgan fingerprint density at radius 2 is 1.81 bits per heavy atom. The largest absolute Gasteiger partial charge is 0.444 e. The Morgan fingerprint density at radius 1 is 1.15 bits per heavy atom. The molecule has 1 saturated heterocycles. The zero-order valence-electron chi connectivity index (χ0n) is 16.1. The number of carbonyl (C=O) groups excluding carboxylic acids is 1. The van der Waals surface area contributed by atoms with Crippen LogP contribution in [0.2, 0.25) is 0 Å². The normalized spacial score (nSPS) is 21.1. The topological polar surface area (TPSA) is 65.6 Å². The number of hydrogen-bond donors (Lipinski definition) is 1. The second-order valence-electron chi connectivity index (χ2n) is 8.07. The van der Waals surface area contributed by atoms with Gasteiger partial charge >= 0.3 is 6.09 Å². The molecule has 26 heavy (non-hydrogen) atoms. The van der Waals surface area contributed by atoms with E-state index >= 15 is 0 Å².